The van der Waals surface area contributed by atoms with E-state index in [1.54, 1.807) is 4.90 Å². The summed E-state index contributed by atoms with van der Waals surface area (Å²) in [6, 6.07) is 15.8. The summed E-state index contributed by atoms with van der Waals surface area (Å²) >= 11 is 0. The largest absolute Gasteiger partial charge is 0.329 e. The SMILES string of the molecule is Cc1cc(C)cc(N(C)C(=O)C(CN)c2ccccc2)c1.Cl. The maximum atomic E-state index is 12.7. The van der Waals surface area contributed by atoms with Crippen LogP contribution in [0.25, 0.3) is 0 Å². The lowest BCUT2D eigenvalue weighted by Gasteiger charge is -2.24. The van der Waals surface area contributed by atoms with Crippen molar-refractivity contribution in [3.8, 4) is 0 Å². The van der Waals surface area contributed by atoms with E-state index >= 15 is 0 Å². The van der Waals surface area contributed by atoms with Crippen LogP contribution in [0.15, 0.2) is 48.5 Å². The van der Waals surface area contributed by atoms with E-state index in [0.717, 1.165) is 22.4 Å². The average Bonchev–Trinajstić information content (AvgIpc) is 2.47. The van der Waals surface area contributed by atoms with Crippen molar-refractivity contribution in [1.29, 1.82) is 0 Å². The molecule has 1 unspecified atom stereocenters. The van der Waals surface area contributed by atoms with Crippen LogP contribution in [-0.4, -0.2) is 19.5 Å². The third kappa shape index (κ3) is 4.09. The molecule has 0 aliphatic carbocycles. The standard InChI is InChI=1S/C18H22N2O.ClH/c1-13-9-14(2)11-16(10-13)20(3)18(21)17(12-19)15-7-5-4-6-8-15;/h4-11,17H,12,19H2,1-3H3;1H. The van der Waals surface area contributed by atoms with E-state index in [9.17, 15) is 4.79 Å². The Balaban J connectivity index is 0.00000242. The second-order valence-corrected chi connectivity index (χ2v) is 5.44. The highest BCUT2D eigenvalue weighted by molar-refractivity contribution is 5.98. The van der Waals surface area contributed by atoms with Gasteiger partial charge in [0.15, 0.2) is 0 Å². The predicted molar refractivity (Wildman–Crippen MR) is 94.8 cm³/mol. The zero-order valence-electron chi connectivity index (χ0n) is 13.2. The van der Waals surface area contributed by atoms with Gasteiger partial charge in [-0.05, 0) is 42.7 Å². The first-order valence-electron chi connectivity index (χ1n) is 7.14. The number of nitrogens with two attached hydrogens (primary N) is 1. The average molecular weight is 319 g/mol. The molecule has 1 atom stereocenters. The summed E-state index contributed by atoms with van der Waals surface area (Å²) in [6.45, 7) is 4.37. The van der Waals surface area contributed by atoms with Crippen molar-refractivity contribution in [2.45, 2.75) is 19.8 Å². The van der Waals surface area contributed by atoms with E-state index in [-0.39, 0.29) is 24.2 Å². The summed E-state index contributed by atoms with van der Waals surface area (Å²) in [5.41, 5.74) is 10.00. The number of nitrogens with zero attached hydrogens (tertiary/aromatic N) is 1. The van der Waals surface area contributed by atoms with E-state index < -0.39 is 0 Å². The minimum atomic E-state index is -0.308. The molecule has 4 heteroatoms. The van der Waals surface area contributed by atoms with Crippen LogP contribution < -0.4 is 10.6 Å². The van der Waals surface area contributed by atoms with Gasteiger partial charge in [0.05, 0.1) is 5.92 Å². The van der Waals surface area contributed by atoms with E-state index in [4.69, 9.17) is 5.73 Å². The molecule has 0 fully saturated rings. The van der Waals surface area contributed by atoms with Crippen molar-refractivity contribution in [2.24, 2.45) is 5.73 Å². The first kappa shape index (κ1) is 18.2. The normalized spacial score (nSPS) is 11.5. The van der Waals surface area contributed by atoms with Crippen LogP contribution >= 0.6 is 12.4 Å². The van der Waals surface area contributed by atoms with Crippen molar-refractivity contribution in [1.82, 2.24) is 0 Å². The minimum Gasteiger partial charge on any atom is -0.329 e. The van der Waals surface area contributed by atoms with Gasteiger partial charge in [-0.15, -0.1) is 12.4 Å². The summed E-state index contributed by atoms with van der Waals surface area (Å²) in [6.07, 6.45) is 0. The number of halogens is 1. The molecule has 0 radical (unpaired) electrons. The monoisotopic (exact) mass is 318 g/mol. The van der Waals surface area contributed by atoms with Gasteiger partial charge >= 0.3 is 0 Å². The lowest BCUT2D eigenvalue weighted by Crippen LogP contribution is -2.35. The van der Waals surface area contributed by atoms with Crippen molar-refractivity contribution < 1.29 is 4.79 Å². The second kappa shape index (κ2) is 7.97. The number of carbonyl (C=O) groups is 1. The molecule has 2 rings (SSSR count). The lowest BCUT2D eigenvalue weighted by molar-refractivity contribution is -0.119. The molecule has 2 aromatic rings. The van der Waals surface area contributed by atoms with Crippen LogP contribution in [0.3, 0.4) is 0 Å². The molecule has 0 spiro atoms. The quantitative estimate of drug-likeness (QED) is 0.938. The van der Waals surface area contributed by atoms with Gasteiger partial charge in [0.2, 0.25) is 5.91 Å². The smallest absolute Gasteiger partial charge is 0.235 e. The Kier molecular flexibility index (Phi) is 6.60. The van der Waals surface area contributed by atoms with Crippen LogP contribution in [0.5, 0.6) is 0 Å². The molecule has 0 saturated carbocycles. The van der Waals surface area contributed by atoms with Gasteiger partial charge in [-0.3, -0.25) is 4.79 Å². The molecule has 0 heterocycles. The van der Waals surface area contributed by atoms with Gasteiger partial charge in [0.1, 0.15) is 0 Å². The molecule has 0 saturated heterocycles. The Bertz CT molecular complexity index is 608. The molecule has 1 amide bonds. The first-order valence-corrected chi connectivity index (χ1v) is 7.14. The molecule has 22 heavy (non-hydrogen) atoms. The zero-order chi connectivity index (χ0) is 15.4. The summed E-state index contributed by atoms with van der Waals surface area (Å²) in [5, 5.41) is 0. The molecule has 0 aliphatic heterocycles. The number of benzene rings is 2. The highest BCUT2D eigenvalue weighted by Gasteiger charge is 2.23. The third-order valence-electron chi connectivity index (χ3n) is 3.66. The fourth-order valence-electron chi connectivity index (χ4n) is 2.57. The first-order chi connectivity index (χ1) is 10.0. The Hall–Kier alpha value is -1.84. The summed E-state index contributed by atoms with van der Waals surface area (Å²) in [7, 11) is 1.81. The maximum absolute atomic E-state index is 12.7. The van der Waals surface area contributed by atoms with Gasteiger partial charge < -0.3 is 10.6 Å². The van der Waals surface area contributed by atoms with Crippen LogP contribution in [0, 0.1) is 13.8 Å². The number of aryl methyl sites for hydroxylation is 2. The molecule has 118 valence electrons. The number of anilines is 1. The molecular weight excluding hydrogens is 296 g/mol. The fourth-order valence-corrected chi connectivity index (χ4v) is 2.57. The molecule has 2 aromatic carbocycles. The maximum Gasteiger partial charge on any atom is 0.235 e. The van der Waals surface area contributed by atoms with Gasteiger partial charge in [0.25, 0.3) is 0 Å². The lowest BCUT2D eigenvalue weighted by atomic mass is 9.97. The Morgan fingerprint density at radius 1 is 1.09 bits per heavy atom. The van der Waals surface area contributed by atoms with Crippen molar-refractivity contribution in [3.63, 3.8) is 0 Å². The summed E-state index contributed by atoms with van der Waals surface area (Å²) in [5.74, 6) is -0.286. The van der Waals surface area contributed by atoms with E-state index in [0.29, 0.717) is 6.54 Å². The number of hydrogen-bond donors (Lipinski definition) is 1. The molecule has 0 aliphatic rings. The van der Waals surface area contributed by atoms with Gasteiger partial charge in [-0.1, -0.05) is 36.4 Å². The summed E-state index contributed by atoms with van der Waals surface area (Å²) < 4.78 is 0. The van der Waals surface area contributed by atoms with Gasteiger partial charge in [-0.2, -0.15) is 0 Å². The highest BCUT2D eigenvalue weighted by Crippen LogP contribution is 2.23. The van der Waals surface area contributed by atoms with Gasteiger partial charge in [0, 0.05) is 19.3 Å². The predicted octanol–water partition coefficient (Wildman–Crippen LogP) is 3.43. The number of likely N-dealkylation sites (N-methyl/N-ethyl adjacent to an activating group) is 1. The molecule has 2 N–H and O–H groups in total. The Labute approximate surface area is 138 Å². The highest BCUT2D eigenvalue weighted by atomic mass is 35.5. The van der Waals surface area contributed by atoms with E-state index in [2.05, 4.69) is 6.07 Å². The molecular formula is C18H23ClN2O. The van der Waals surface area contributed by atoms with Crippen LogP contribution in [0.2, 0.25) is 0 Å². The van der Waals surface area contributed by atoms with Crippen molar-refractivity contribution >= 4 is 24.0 Å². The summed E-state index contributed by atoms with van der Waals surface area (Å²) in [4.78, 5) is 14.4. The minimum absolute atomic E-state index is 0. The number of amides is 1. The van der Waals surface area contributed by atoms with Gasteiger partial charge in [-0.25, -0.2) is 0 Å². The van der Waals surface area contributed by atoms with Crippen molar-refractivity contribution in [3.05, 3.63) is 65.2 Å². The number of carbonyl (C=O) groups excluding carboxylic acids is 1. The molecule has 0 bridgehead atoms. The van der Waals surface area contributed by atoms with Crippen LogP contribution in [-0.2, 0) is 4.79 Å². The van der Waals surface area contributed by atoms with Crippen LogP contribution in [0.1, 0.15) is 22.6 Å². The molecule has 3 nitrogen and oxygen atoms in total. The second-order valence-electron chi connectivity index (χ2n) is 5.44. The zero-order valence-corrected chi connectivity index (χ0v) is 14.1. The third-order valence-corrected chi connectivity index (χ3v) is 3.66. The number of hydrogen-bond acceptors (Lipinski definition) is 2. The Morgan fingerprint density at radius 2 is 1.64 bits per heavy atom. The Morgan fingerprint density at radius 3 is 2.14 bits per heavy atom. The van der Waals surface area contributed by atoms with Crippen LogP contribution in [0.4, 0.5) is 5.69 Å². The molecule has 0 aromatic heterocycles. The van der Waals surface area contributed by atoms with E-state index in [1.165, 1.54) is 0 Å². The fraction of sp³-hybridized carbons (Fsp3) is 0.278. The van der Waals surface area contributed by atoms with E-state index in [1.807, 2.05) is 63.4 Å². The topological polar surface area (TPSA) is 46.3 Å². The van der Waals surface area contributed by atoms with Crippen molar-refractivity contribution in [2.75, 3.05) is 18.5 Å². The number of rotatable bonds is 4.